The molecule has 1 saturated heterocycles. The summed E-state index contributed by atoms with van der Waals surface area (Å²) in [5.74, 6) is 0. The van der Waals surface area contributed by atoms with Gasteiger partial charge in [-0.1, -0.05) is 18.2 Å². The first-order valence-electron chi connectivity index (χ1n) is 9.90. The Morgan fingerprint density at radius 1 is 0.935 bits per heavy atom. The van der Waals surface area contributed by atoms with Crippen LogP contribution in [0.2, 0.25) is 0 Å². The van der Waals surface area contributed by atoms with Crippen LogP contribution in [-0.2, 0) is 11.3 Å². The zero-order chi connectivity index (χ0) is 21.4. The normalized spacial score (nSPS) is 14.8. The fraction of sp³-hybridized carbons (Fsp3) is 0.217. The molecule has 0 spiro atoms. The summed E-state index contributed by atoms with van der Waals surface area (Å²) in [5.41, 5.74) is 0.886. The monoisotopic (exact) mass is 418 g/mol. The fourth-order valence-corrected chi connectivity index (χ4v) is 3.97. The van der Waals surface area contributed by atoms with Crippen LogP contribution in [0.5, 0.6) is 0 Å². The molecule has 0 bridgehead atoms. The van der Waals surface area contributed by atoms with Gasteiger partial charge in [0.15, 0.2) is 0 Å². The molecule has 0 atom stereocenters. The van der Waals surface area contributed by atoms with Crippen molar-refractivity contribution < 1.29 is 13.6 Å². The number of ether oxygens (including phenoxy) is 1. The molecule has 3 heterocycles. The van der Waals surface area contributed by atoms with Crippen molar-refractivity contribution in [2.75, 3.05) is 26.3 Å². The molecule has 31 heavy (non-hydrogen) atoms. The molecule has 0 saturated carbocycles. The molecule has 0 aliphatic carbocycles. The van der Waals surface area contributed by atoms with Crippen molar-refractivity contribution >= 4 is 27.6 Å². The van der Waals surface area contributed by atoms with Crippen molar-refractivity contribution in [3.63, 3.8) is 0 Å². The fourth-order valence-electron chi connectivity index (χ4n) is 3.97. The van der Waals surface area contributed by atoms with E-state index in [1.54, 1.807) is 30.3 Å². The van der Waals surface area contributed by atoms with Crippen molar-refractivity contribution in [2.24, 2.45) is 5.18 Å². The number of hydrogen-bond acceptors (Lipinski definition) is 8. The first-order valence-corrected chi connectivity index (χ1v) is 9.90. The average Bonchev–Trinajstić information content (AvgIpc) is 2.79. The van der Waals surface area contributed by atoms with Crippen LogP contribution in [0.25, 0.3) is 33.1 Å². The summed E-state index contributed by atoms with van der Waals surface area (Å²) in [4.78, 5) is 38.8. The summed E-state index contributed by atoms with van der Waals surface area (Å²) < 4.78 is 16.4. The Bertz CT molecular complexity index is 1420. The van der Waals surface area contributed by atoms with E-state index in [0.717, 1.165) is 5.39 Å². The van der Waals surface area contributed by atoms with E-state index < -0.39 is 11.3 Å². The molecule has 0 N–H and O–H groups in total. The van der Waals surface area contributed by atoms with E-state index in [9.17, 15) is 14.5 Å². The minimum absolute atomic E-state index is 0.199. The third-order valence-electron chi connectivity index (χ3n) is 5.51. The molecule has 1 aliphatic heterocycles. The summed E-state index contributed by atoms with van der Waals surface area (Å²) in [6.07, 6.45) is 0. The number of hydrogen-bond donors (Lipinski definition) is 0. The molecule has 8 heteroatoms. The van der Waals surface area contributed by atoms with Crippen molar-refractivity contribution in [3.8, 4) is 11.1 Å². The topological polar surface area (TPSA) is 102 Å². The molecule has 0 radical (unpaired) electrons. The maximum absolute atomic E-state index is 12.7. The maximum atomic E-state index is 12.7. The summed E-state index contributed by atoms with van der Waals surface area (Å²) in [6, 6.07) is 13.3. The third-order valence-corrected chi connectivity index (χ3v) is 5.51. The zero-order valence-corrected chi connectivity index (χ0v) is 16.5. The van der Waals surface area contributed by atoms with Gasteiger partial charge >= 0.3 is 11.3 Å². The summed E-state index contributed by atoms with van der Waals surface area (Å²) in [7, 11) is 0. The van der Waals surface area contributed by atoms with Gasteiger partial charge in [0.25, 0.3) is 0 Å². The lowest BCUT2D eigenvalue weighted by atomic mass is 9.99. The van der Waals surface area contributed by atoms with Crippen LogP contribution in [-0.4, -0.2) is 31.2 Å². The van der Waals surface area contributed by atoms with Crippen LogP contribution in [0.3, 0.4) is 0 Å². The van der Waals surface area contributed by atoms with Gasteiger partial charge < -0.3 is 13.6 Å². The molecule has 2 aromatic heterocycles. The molecule has 0 amide bonds. The molecular formula is C23H18N2O6. The standard InChI is InChI=1S/C23H18N2O6/c26-21-12-16(17-11-14-3-1-2-4-20(14)30-23(17)27)15-5-6-19(24-28)18(22(15)31-21)13-25-7-9-29-10-8-25/h1-6,11-12H,7-10,13H2. The molecule has 4 aromatic rings. The first-order chi connectivity index (χ1) is 15.1. The molecular weight excluding hydrogens is 400 g/mol. The Labute approximate surface area is 175 Å². The highest BCUT2D eigenvalue weighted by atomic mass is 16.5. The second-order valence-corrected chi connectivity index (χ2v) is 7.38. The number of fused-ring (bicyclic) bond motifs is 2. The SMILES string of the molecule is O=Nc1ccc2c(-c3cc4ccccc4oc3=O)cc(=O)oc2c1CN1CCOCC1. The summed E-state index contributed by atoms with van der Waals surface area (Å²) >= 11 is 0. The highest BCUT2D eigenvalue weighted by Gasteiger charge is 2.21. The Kier molecular flexibility index (Phi) is 4.93. The molecule has 8 nitrogen and oxygen atoms in total. The van der Waals surface area contributed by atoms with Crippen molar-refractivity contribution in [2.45, 2.75) is 6.54 Å². The number of morpholine rings is 1. The Morgan fingerprint density at radius 3 is 2.55 bits per heavy atom. The Morgan fingerprint density at radius 2 is 1.74 bits per heavy atom. The molecule has 5 rings (SSSR count). The predicted octanol–water partition coefficient (Wildman–Crippen LogP) is 3.80. The minimum Gasteiger partial charge on any atom is -0.422 e. The van der Waals surface area contributed by atoms with Crippen LogP contribution in [0.1, 0.15) is 5.56 Å². The van der Waals surface area contributed by atoms with Gasteiger partial charge in [0, 0.05) is 47.6 Å². The highest BCUT2D eigenvalue weighted by Crippen LogP contribution is 2.34. The highest BCUT2D eigenvalue weighted by molar-refractivity contribution is 5.97. The van der Waals surface area contributed by atoms with Gasteiger partial charge in [0.2, 0.25) is 0 Å². The van der Waals surface area contributed by atoms with Gasteiger partial charge in [-0.25, -0.2) is 9.59 Å². The van der Waals surface area contributed by atoms with E-state index in [2.05, 4.69) is 10.1 Å². The number of nitroso groups, excluding NO2 is 1. The lowest BCUT2D eigenvalue weighted by molar-refractivity contribution is 0.0343. The lowest BCUT2D eigenvalue weighted by Crippen LogP contribution is -2.35. The van der Waals surface area contributed by atoms with Crippen molar-refractivity contribution in [1.29, 1.82) is 0 Å². The smallest absolute Gasteiger partial charge is 0.344 e. The van der Waals surface area contributed by atoms with Crippen LogP contribution in [0.15, 0.2) is 72.1 Å². The first kappa shape index (κ1) is 19.3. The quantitative estimate of drug-likeness (QED) is 0.367. The second-order valence-electron chi connectivity index (χ2n) is 7.38. The van der Waals surface area contributed by atoms with Gasteiger partial charge in [-0.2, -0.15) is 0 Å². The van der Waals surface area contributed by atoms with Gasteiger partial charge in [0.1, 0.15) is 16.9 Å². The zero-order valence-electron chi connectivity index (χ0n) is 16.5. The van der Waals surface area contributed by atoms with Gasteiger partial charge in [0.05, 0.1) is 18.8 Å². The minimum atomic E-state index is -0.624. The van der Waals surface area contributed by atoms with E-state index >= 15 is 0 Å². The second kappa shape index (κ2) is 7.90. The molecule has 156 valence electrons. The van der Waals surface area contributed by atoms with E-state index in [1.807, 2.05) is 12.1 Å². The largest absolute Gasteiger partial charge is 0.422 e. The molecule has 1 fully saturated rings. The van der Waals surface area contributed by atoms with Crippen LogP contribution in [0, 0.1) is 4.91 Å². The van der Waals surface area contributed by atoms with Gasteiger partial charge in [-0.15, -0.1) is 4.91 Å². The predicted molar refractivity (Wildman–Crippen MR) is 116 cm³/mol. The van der Waals surface area contributed by atoms with Crippen LogP contribution >= 0.6 is 0 Å². The molecule has 2 aromatic carbocycles. The number of rotatable bonds is 4. The van der Waals surface area contributed by atoms with E-state index in [1.165, 1.54) is 6.07 Å². The number of nitrogens with zero attached hydrogens (tertiary/aromatic N) is 2. The third kappa shape index (κ3) is 3.56. The Balaban J connectivity index is 1.74. The van der Waals surface area contributed by atoms with Gasteiger partial charge in [-0.3, -0.25) is 4.90 Å². The van der Waals surface area contributed by atoms with Crippen molar-refractivity contribution in [3.05, 3.63) is 79.8 Å². The molecule has 1 aliphatic rings. The summed E-state index contributed by atoms with van der Waals surface area (Å²) in [6.45, 7) is 2.92. The number of para-hydroxylation sites is 1. The van der Waals surface area contributed by atoms with Gasteiger partial charge in [-0.05, 0) is 29.4 Å². The van der Waals surface area contributed by atoms with Crippen LogP contribution in [0.4, 0.5) is 5.69 Å². The van der Waals surface area contributed by atoms with E-state index in [4.69, 9.17) is 13.6 Å². The Hall–Kier alpha value is -3.62. The van der Waals surface area contributed by atoms with Crippen LogP contribution < -0.4 is 11.3 Å². The number of benzene rings is 2. The molecule has 0 unspecified atom stereocenters. The van der Waals surface area contributed by atoms with E-state index in [0.29, 0.717) is 54.9 Å². The summed E-state index contributed by atoms with van der Waals surface area (Å²) in [5, 5.41) is 4.40. The van der Waals surface area contributed by atoms with Crippen molar-refractivity contribution in [1.82, 2.24) is 4.90 Å². The maximum Gasteiger partial charge on any atom is 0.344 e. The average molecular weight is 418 g/mol. The van der Waals surface area contributed by atoms with E-state index in [-0.39, 0.29) is 16.8 Å². The lowest BCUT2D eigenvalue weighted by Gasteiger charge is -2.27.